The van der Waals surface area contributed by atoms with Gasteiger partial charge in [-0.2, -0.15) is 0 Å². The van der Waals surface area contributed by atoms with Gasteiger partial charge < -0.3 is 9.47 Å². The molecule has 0 saturated carbocycles. The van der Waals surface area contributed by atoms with Crippen LogP contribution in [0.1, 0.15) is 50.2 Å². The first-order chi connectivity index (χ1) is 8.96. The molecule has 0 saturated heterocycles. The summed E-state index contributed by atoms with van der Waals surface area (Å²) in [5.41, 5.74) is 2.31. The Morgan fingerprint density at radius 2 is 1.95 bits per heavy atom. The molecule has 1 heterocycles. The fraction of sp³-hybridized carbons (Fsp3) is 0.688. The molecule has 0 unspecified atom stereocenters. The number of fused-ring (bicyclic) bond motifs is 1. The van der Waals surface area contributed by atoms with E-state index in [4.69, 9.17) is 0 Å². The van der Waals surface area contributed by atoms with Gasteiger partial charge in [-0.05, 0) is 31.0 Å². The predicted molar refractivity (Wildman–Crippen MR) is 78.7 cm³/mol. The standard InChI is InChI=1S/C16H26N2O/c1-5-17(6-2)9-10-18-8-7-13-14(18)11-16(3,4)12-15(13)19/h7-8H,5-6,9-12H2,1-4H3. The number of ketones is 1. The molecule has 0 fully saturated rings. The van der Waals surface area contributed by atoms with E-state index in [9.17, 15) is 4.79 Å². The monoisotopic (exact) mass is 262 g/mol. The van der Waals surface area contributed by atoms with Crippen molar-refractivity contribution in [1.82, 2.24) is 9.47 Å². The van der Waals surface area contributed by atoms with Gasteiger partial charge in [0.2, 0.25) is 0 Å². The quantitative estimate of drug-likeness (QED) is 0.815. The third kappa shape index (κ3) is 3.08. The van der Waals surface area contributed by atoms with Gasteiger partial charge in [0.1, 0.15) is 0 Å². The summed E-state index contributed by atoms with van der Waals surface area (Å²) in [6.45, 7) is 13.0. The summed E-state index contributed by atoms with van der Waals surface area (Å²) in [5.74, 6) is 0.313. The molecule has 0 aromatic carbocycles. The number of carbonyl (C=O) groups is 1. The largest absolute Gasteiger partial charge is 0.349 e. The van der Waals surface area contributed by atoms with E-state index in [2.05, 4.69) is 43.4 Å². The smallest absolute Gasteiger partial charge is 0.165 e. The van der Waals surface area contributed by atoms with Crippen LogP contribution < -0.4 is 0 Å². The van der Waals surface area contributed by atoms with Crippen LogP contribution in [0.15, 0.2) is 12.3 Å². The van der Waals surface area contributed by atoms with Crippen LogP contribution >= 0.6 is 0 Å². The number of nitrogens with zero attached hydrogens (tertiary/aromatic N) is 2. The molecule has 19 heavy (non-hydrogen) atoms. The van der Waals surface area contributed by atoms with E-state index in [-0.39, 0.29) is 5.41 Å². The minimum atomic E-state index is 0.107. The first kappa shape index (κ1) is 14.3. The Bertz CT molecular complexity index is 455. The van der Waals surface area contributed by atoms with Crippen LogP contribution in [0.25, 0.3) is 0 Å². The van der Waals surface area contributed by atoms with E-state index >= 15 is 0 Å². The highest BCUT2D eigenvalue weighted by molar-refractivity contribution is 5.98. The zero-order valence-electron chi connectivity index (χ0n) is 12.7. The zero-order valence-corrected chi connectivity index (χ0v) is 12.7. The topological polar surface area (TPSA) is 25.2 Å². The minimum Gasteiger partial charge on any atom is -0.349 e. The van der Waals surface area contributed by atoms with Crippen molar-refractivity contribution < 1.29 is 4.79 Å². The Hall–Kier alpha value is -1.09. The Labute approximate surface area is 116 Å². The van der Waals surface area contributed by atoms with Crippen LogP contribution in [0.5, 0.6) is 0 Å². The molecule has 0 bridgehead atoms. The van der Waals surface area contributed by atoms with E-state index in [0.717, 1.165) is 38.2 Å². The molecule has 0 spiro atoms. The third-order valence-electron chi connectivity index (χ3n) is 4.22. The number of aromatic nitrogens is 1. The van der Waals surface area contributed by atoms with Gasteiger partial charge in [0, 0.05) is 37.0 Å². The molecule has 0 atom stereocenters. The van der Waals surface area contributed by atoms with Crippen molar-refractivity contribution >= 4 is 5.78 Å². The number of likely N-dealkylation sites (N-methyl/N-ethyl adjacent to an activating group) is 1. The van der Waals surface area contributed by atoms with Gasteiger partial charge in [-0.3, -0.25) is 4.79 Å². The van der Waals surface area contributed by atoms with Crippen LogP contribution in [-0.2, 0) is 13.0 Å². The molecule has 2 rings (SSSR count). The van der Waals surface area contributed by atoms with Gasteiger partial charge in [0.05, 0.1) is 0 Å². The van der Waals surface area contributed by atoms with Gasteiger partial charge >= 0.3 is 0 Å². The van der Waals surface area contributed by atoms with Gasteiger partial charge in [-0.15, -0.1) is 0 Å². The molecule has 0 N–H and O–H groups in total. The molecule has 0 aliphatic heterocycles. The summed E-state index contributed by atoms with van der Waals surface area (Å²) < 4.78 is 2.28. The van der Waals surface area contributed by atoms with Crippen LogP contribution in [0.3, 0.4) is 0 Å². The van der Waals surface area contributed by atoms with Crippen molar-refractivity contribution in [3.63, 3.8) is 0 Å². The third-order valence-corrected chi connectivity index (χ3v) is 4.22. The number of Topliss-reactive ketones (excluding diaryl/α,β-unsaturated/α-hetero) is 1. The highest BCUT2D eigenvalue weighted by Crippen LogP contribution is 2.35. The number of hydrogen-bond acceptors (Lipinski definition) is 2. The van der Waals surface area contributed by atoms with Gasteiger partial charge in [-0.25, -0.2) is 0 Å². The Balaban J connectivity index is 2.14. The van der Waals surface area contributed by atoms with E-state index in [1.807, 2.05) is 6.07 Å². The summed E-state index contributed by atoms with van der Waals surface area (Å²) in [4.78, 5) is 14.6. The first-order valence-electron chi connectivity index (χ1n) is 7.40. The van der Waals surface area contributed by atoms with Gasteiger partial charge in [-0.1, -0.05) is 27.7 Å². The van der Waals surface area contributed by atoms with Crippen LogP contribution in [-0.4, -0.2) is 34.9 Å². The molecular formula is C16H26N2O. The van der Waals surface area contributed by atoms with Crippen molar-refractivity contribution in [2.45, 2.75) is 47.1 Å². The van der Waals surface area contributed by atoms with E-state index in [1.54, 1.807) is 0 Å². The van der Waals surface area contributed by atoms with Crippen LogP contribution in [0.2, 0.25) is 0 Å². The molecule has 3 nitrogen and oxygen atoms in total. The maximum atomic E-state index is 12.1. The maximum absolute atomic E-state index is 12.1. The predicted octanol–water partition coefficient (Wildman–Crippen LogP) is 2.99. The summed E-state index contributed by atoms with van der Waals surface area (Å²) in [6.07, 6.45) is 3.78. The molecule has 0 amide bonds. The van der Waals surface area contributed by atoms with Crippen molar-refractivity contribution in [3.05, 3.63) is 23.5 Å². The van der Waals surface area contributed by atoms with Crippen molar-refractivity contribution in [2.24, 2.45) is 5.41 Å². The first-order valence-corrected chi connectivity index (χ1v) is 7.40. The van der Waals surface area contributed by atoms with Gasteiger partial charge in [0.15, 0.2) is 5.78 Å². The second-order valence-electron chi connectivity index (χ2n) is 6.34. The zero-order chi connectivity index (χ0) is 14.0. The lowest BCUT2D eigenvalue weighted by Gasteiger charge is -2.30. The Kier molecular flexibility index (Phi) is 4.14. The summed E-state index contributed by atoms with van der Waals surface area (Å²) >= 11 is 0. The fourth-order valence-electron chi connectivity index (χ4n) is 3.00. The lowest BCUT2D eigenvalue weighted by Crippen LogP contribution is -2.30. The highest BCUT2D eigenvalue weighted by Gasteiger charge is 2.32. The van der Waals surface area contributed by atoms with E-state index in [0.29, 0.717) is 12.2 Å². The highest BCUT2D eigenvalue weighted by atomic mass is 16.1. The summed E-state index contributed by atoms with van der Waals surface area (Å²) in [6, 6.07) is 2.01. The Morgan fingerprint density at radius 3 is 2.58 bits per heavy atom. The average molecular weight is 262 g/mol. The number of hydrogen-bond donors (Lipinski definition) is 0. The van der Waals surface area contributed by atoms with E-state index < -0.39 is 0 Å². The molecule has 0 radical (unpaired) electrons. The molecule has 1 aromatic heterocycles. The van der Waals surface area contributed by atoms with Crippen LogP contribution in [0, 0.1) is 5.41 Å². The average Bonchev–Trinajstić information content (AvgIpc) is 2.72. The van der Waals surface area contributed by atoms with Crippen molar-refractivity contribution in [1.29, 1.82) is 0 Å². The Morgan fingerprint density at radius 1 is 1.26 bits per heavy atom. The lowest BCUT2D eigenvalue weighted by molar-refractivity contribution is 0.0909. The summed E-state index contributed by atoms with van der Waals surface area (Å²) in [5, 5.41) is 0. The van der Waals surface area contributed by atoms with Gasteiger partial charge in [0.25, 0.3) is 0 Å². The molecule has 3 heteroatoms. The fourth-order valence-corrected chi connectivity index (χ4v) is 3.00. The van der Waals surface area contributed by atoms with Crippen molar-refractivity contribution in [3.8, 4) is 0 Å². The summed E-state index contributed by atoms with van der Waals surface area (Å²) in [7, 11) is 0. The molecule has 1 aliphatic carbocycles. The molecule has 1 aromatic rings. The second kappa shape index (κ2) is 5.49. The minimum absolute atomic E-state index is 0.107. The maximum Gasteiger partial charge on any atom is 0.165 e. The SMILES string of the molecule is CCN(CC)CCn1ccc2c1CC(C)(C)CC2=O. The lowest BCUT2D eigenvalue weighted by atomic mass is 9.76. The van der Waals surface area contributed by atoms with Crippen LogP contribution in [0.4, 0.5) is 0 Å². The molecular weight excluding hydrogens is 236 g/mol. The molecule has 1 aliphatic rings. The second-order valence-corrected chi connectivity index (χ2v) is 6.34. The van der Waals surface area contributed by atoms with E-state index in [1.165, 1.54) is 5.69 Å². The number of carbonyl (C=O) groups excluding carboxylic acids is 1. The molecule has 106 valence electrons. The normalized spacial score (nSPS) is 17.8. The number of rotatable bonds is 5. The van der Waals surface area contributed by atoms with Crippen molar-refractivity contribution in [2.75, 3.05) is 19.6 Å².